The van der Waals surface area contributed by atoms with Gasteiger partial charge in [0.2, 0.25) is 0 Å². The summed E-state index contributed by atoms with van der Waals surface area (Å²) in [4.78, 5) is 0. The van der Waals surface area contributed by atoms with Gasteiger partial charge < -0.3 is 10.1 Å². The van der Waals surface area contributed by atoms with E-state index in [2.05, 4.69) is 21.2 Å². The second kappa shape index (κ2) is 2.74. The molecule has 0 unspecified atom stereocenters. The molecule has 2 nitrogen and oxygen atoms in total. The summed E-state index contributed by atoms with van der Waals surface area (Å²) >= 11 is 3.42. The summed E-state index contributed by atoms with van der Waals surface area (Å²) in [6.45, 7) is 1.64. The van der Waals surface area contributed by atoms with Crippen LogP contribution in [0.3, 0.4) is 0 Å². The van der Waals surface area contributed by atoms with Crippen LogP contribution in [0.4, 0.5) is 5.69 Å². The minimum absolute atomic E-state index is 0.746. The third-order valence-electron chi connectivity index (χ3n) is 1.63. The van der Waals surface area contributed by atoms with E-state index in [1.807, 2.05) is 18.2 Å². The SMILES string of the molecule is Brc1cccc2c1OCCN2. The first-order chi connectivity index (χ1) is 5.38. The van der Waals surface area contributed by atoms with E-state index >= 15 is 0 Å². The molecule has 0 bridgehead atoms. The van der Waals surface area contributed by atoms with Crippen molar-refractivity contribution in [2.45, 2.75) is 0 Å². The number of fused-ring (bicyclic) bond motifs is 1. The first kappa shape index (κ1) is 6.98. The van der Waals surface area contributed by atoms with Crippen molar-refractivity contribution in [1.29, 1.82) is 0 Å². The van der Waals surface area contributed by atoms with Crippen molar-refractivity contribution in [2.24, 2.45) is 0 Å². The van der Waals surface area contributed by atoms with Crippen molar-refractivity contribution in [3.05, 3.63) is 22.7 Å². The lowest BCUT2D eigenvalue weighted by Crippen LogP contribution is -2.18. The van der Waals surface area contributed by atoms with Crippen molar-refractivity contribution in [2.75, 3.05) is 18.5 Å². The van der Waals surface area contributed by atoms with Crippen LogP contribution in [0.1, 0.15) is 0 Å². The lowest BCUT2D eigenvalue weighted by Gasteiger charge is -2.19. The molecule has 0 atom stereocenters. The molecule has 1 heterocycles. The topological polar surface area (TPSA) is 21.3 Å². The molecule has 0 saturated carbocycles. The Bertz CT molecular complexity index is 275. The number of halogens is 1. The van der Waals surface area contributed by atoms with E-state index in [0.717, 1.165) is 29.1 Å². The molecule has 1 N–H and O–H groups in total. The predicted octanol–water partition coefficient (Wildman–Crippen LogP) is 2.25. The maximum absolute atomic E-state index is 5.44. The Hall–Kier alpha value is -0.700. The van der Waals surface area contributed by atoms with Gasteiger partial charge in [-0.2, -0.15) is 0 Å². The molecule has 0 saturated heterocycles. The fourth-order valence-electron chi connectivity index (χ4n) is 1.13. The van der Waals surface area contributed by atoms with Crippen molar-refractivity contribution in [1.82, 2.24) is 0 Å². The van der Waals surface area contributed by atoms with Crippen LogP contribution in [0.25, 0.3) is 0 Å². The Morgan fingerprint density at radius 2 is 2.36 bits per heavy atom. The van der Waals surface area contributed by atoms with Crippen LogP contribution in [0.5, 0.6) is 5.75 Å². The van der Waals surface area contributed by atoms with Crippen molar-refractivity contribution in [3.63, 3.8) is 0 Å². The van der Waals surface area contributed by atoms with Gasteiger partial charge in [0.05, 0.1) is 10.2 Å². The smallest absolute Gasteiger partial charge is 0.156 e. The Morgan fingerprint density at radius 3 is 3.18 bits per heavy atom. The monoisotopic (exact) mass is 213 g/mol. The van der Waals surface area contributed by atoms with Crippen LogP contribution in [0, 0.1) is 0 Å². The van der Waals surface area contributed by atoms with Crippen LogP contribution in [0.2, 0.25) is 0 Å². The minimum Gasteiger partial charge on any atom is -0.488 e. The van der Waals surface area contributed by atoms with Gasteiger partial charge in [0, 0.05) is 6.54 Å². The lowest BCUT2D eigenvalue weighted by molar-refractivity contribution is 0.321. The standard InChI is InChI=1S/C8H8BrNO/c9-6-2-1-3-7-8(6)11-5-4-10-7/h1-3,10H,4-5H2. The summed E-state index contributed by atoms with van der Waals surface area (Å²) in [7, 11) is 0. The van der Waals surface area contributed by atoms with Crippen LogP contribution in [-0.4, -0.2) is 13.2 Å². The zero-order valence-corrected chi connectivity index (χ0v) is 7.52. The van der Waals surface area contributed by atoms with Gasteiger partial charge in [-0.1, -0.05) is 6.07 Å². The average Bonchev–Trinajstić information content (AvgIpc) is 2.06. The zero-order valence-electron chi connectivity index (χ0n) is 5.93. The largest absolute Gasteiger partial charge is 0.488 e. The predicted molar refractivity (Wildman–Crippen MR) is 48.1 cm³/mol. The molecule has 0 fully saturated rings. The van der Waals surface area contributed by atoms with Crippen molar-refractivity contribution < 1.29 is 4.74 Å². The van der Waals surface area contributed by atoms with Crippen molar-refractivity contribution in [3.8, 4) is 5.75 Å². The molecule has 11 heavy (non-hydrogen) atoms. The van der Waals surface area contributed by atoms with Crippen LogP contribution >= 0.6 is 15.9 Å². The molecule has 0 radical (unpaired) electrons. The van der Waals surface area contributed by atoms with E-state index in [-0.39, 0.29) is 0 Å². The molecule has 1 aliphatic heterocycles. The molecule has 3 heteroatoms. The zero-order chi connectivity index (χ0) is 7.68. The summed E-state index contributed by atoms with van der Waals surface area (Å²) in [6, 6.07) is 5.98. The van der Waals surface area contributed by atoms with Gasteiger partial charge in [-0.15, -0.1) is 0 Å². The molecule has 1 aliphatic rings. The molecule has 58 valence electrons. The highest BCUT2D eigenvalue weighted by atomic mass is 79.9. The molecule has 2 rings (SSSR count). The third kappa shape index (κ3) is 1.20. The summed E-state index contributed by atoms with van der Waals surface area (Å²) in [6.07, 6.45) is 0. The number of hydrogen-bond donors (Lipinski definition) is 1. The second-order valence-electron chi connectivity index (χ2n) is 2.39. The van der Waals surface area contributed by atoms with E-state index in [4.69, 9.17) is 4.74 Å². The van der Waals surface area contributed by atoms with Gasteiger partial charge in [0.15, 0.2) is 5.75 Å². The van der Waals surface area contributed by atoms with Crippen LogP contribution < -0.4 is 10.1 Å². The van der Waals surface area contributed by atoms with Gasteiger partial charge in [-0.25, -0.2) is 0 Å². The lowest BCUT2D eigenvalue weighted by atomic mass is 10.2. The minimum atomic E-state index is 0.746. The maximum atomic E-state index is 5.44. The fourth-order valence-corrected chi connectivity index (χ4v) is 1.61. The maximum Gasteiger partial charge on any atom is 0.156 e. The number of rotatable bonds is 0. The van der Waals surface area contributed by atoms with Gasteiger partial charge in [0.25, 0.3) is 0 Å². The van der Waals surface area contributed by atoms with Gasteiger partial charge in [0.1, 0.15) is 6.61 Å². The first-order valence-electron chi connectivity index (χ1n) is 3.53. The van der Waals surface area contributed by atoms with E-state index in [9.17, 15) is 0 Å². The number of benzene rings is 1. The van der Waals surface area contributed by atoms with E-state index in [0.29, 0.717) is 0 Å². The highest BCUT2D eigenvalue weighted by Crippen LogP contribution is 2.34. The number of hydrogen-bond acceptors (Lipinski definition) is 2. The highest BCUT2D eigenvalue weighted by molar-refractivity contribution is 9.10. The molecular weight excluding hydrogens is 206 g/mol. The molecule has 1 aromatic carbocycles. The molecule has 1 aromatic rings. The molecule has 0 aromatic heterocycles. The fraction of sp³-hybridized carbons (Fsp3) is 0.250. The summed E-state index contributed by atoms with van der Waals surface area (Å²) in [5.74, 6) is 0.929. The number of nitrogens with one attached hydrogen (secondary N) is 1. The quantitative estimate of drug-likeness (QED) is 0.715. The number of ether oxygens (including phenoxy) is 1. The summed E-state index contributed by atoms with van der Waals surface area (Å²) in [5.41, 5.74) is 1.07. The average molecular weight is 214 g/mol. The van der Waals surface area contributed by atoms with Crippen LogP contribution in [0.15, 0.2) is 22.7 Å². The normalized spacial score (nSPS) is 14.6. The molecular formula is C8H8BrNO. The van der Waals surface area contributed by atoms with Crippen LogP contribution in [-0.2, 0) is 0 Å². The third-order valence-corrected chi connectivity index (χ3v) is 2.26. The Kier molecular flexibility index (Phi) is 1.74. The first-order valence-corrected chi connectivity index (χ1v) is 4.32. The molecule has 0 aliphatic carbocycles. The van der Waals surface area contributed by atoms with Crippen molar-refractivity contribution >= 4 is 21.6 Å². The number of anilines is 1. The van der Waals surface area contributed by atoms with E-state index in [1.165, 1.54) is 0 Å². The Balaban J connectivity index is 2.49. The molecule has 0 spiro atoms. The van der Waals surface area contributed by atoms with Gasteiger partial charge in [-0.05, 0) is 28.1 Å². The van der Waals surface area contributed by atoms with E-state index in [1.54, 1.807) is 0 Å². The second-order valence-corrected chi connectivity index (χ2v) is 3.25. The highest BCUT2D eigenvalue weighted by Gasteiger charge is 2.10. The number of para-hydroxylation sites is 1. The Labute approximate surface area is 73.7 Å². The summed E-state index contributed by atoms with van der Waals surface area (Å²) in [5, 5.41) is 3.25. The summed E-state index contributed by atoms with van der Waals surface area (Å²) < 4.78 is 6.46. The van der Waals surface area contributed by atoms with E-state index < -0.39 is 0 Å². The molecule has 0 amide bonds. The van der Waals surface area contributed by atoms with Gasteiger partial charge in [-0.3, -0.25) is 0 Å². The van der Waals surface area contributed by atoms with Gasteiger partial charge >= 0.3 is 0 Å². The Morgan fingerprint density at radius 1 is 1.45 bits per heavy atom.